The highest BCUT2D eigenvalue weighted by molar-refractivity contribution is 5.52. The number of methoxy groups -OCH3 is 1. The maximum atomic E-state index is 5.06. The second-order valence-electron chi connectivity index (χ2n) is 4.15. The van der Waals surface area contributed by atoms with E-state index in [2.05, 4.69) is 44.3 Å². The highest BCUT2D eigenvalue weighted by Crippen LogP contribution is 2.17. The van der Waals surface area contributed by atoms with Crippen molar-refractivity contribution in [3.8, 4) is 0 Å². The fourth-order valence-electron chi connectivity index (χ4n) is 1.61. The van der Waals surface area contributed by atoms with E-state index in [4.69, 9.17) is 4.74 Å². The Labute approximate surface area is 92.6 Å². The molecule has 1 unspecified atom stereocenters. The molecular weight excluding hydrogens is 186 g/mol. The lowest BCUT2D eigenvalue weighted by molar-refractivity contribution is 0.191. The Morgan fingerprint density at radius 3 is 2.67 bits per heavy atom. The zero-order chi connectivity index (χ0) is 11.3. The van der Waals surface area contributed by atoms with Crippen molar-refractivity contribution in [2.45, 2.75) is 33.2 Å². The highest BCUT2D eigenvalue weighted by Gasteiger charge is 2.03. The summed E-state index contributed by atoms with van der Waals surface area (Å²) in [5, 5.41) is 3.49. The van der Waals surface area contributed by atoms with E-state index < -0.39 is 0 Å². The van der Waals surface area contributed by atoms with Crippen molar-refractivity contribution in [2.75, 3.05) is 19.0 Å². The van der Waals surface area contributed by atoms with E-state index in [0.29, 0.717) is 6.04 Å². The number of nitrogens with one attached hydrogen (secondary N) is 1. The van der Waals surface area contributed by atoms with Crippen LogP contribution in [0.2, 0.25) is 0 Å². The molecule has 0 amide bonds. The van der Waals surface area contributed by atoms with Crippen molar-refractivity contribution < 1.29 is 4.74 Å². The molecule has 15 heavy (non-hydrogen) atoms. The number of benzene rings is 1. The van der Waals surface area contributed by atoms with Crippen molar-refractivity contribution in [3.05, 3.63) is 29.3 Å². The first-order chi connectivity index (χ1) is 7.13. The molecule has 0 fully saturated rings. The third kappa shape index (κ3) is 3.92. The minimum Gasteiger partial charge on any atom is -0.385 e. The molecule has 1 atom stereocenters. The molecule has 0 saturated heterocycles. The fraction of sp³-hybridized carbons (Fsp3) is 0.538. The topological polar surface area (TPSA) is 21.3 Å². The molecule has 1 N–H and O–H groups in total. The van der Waals surface area contributed by atoms with Crippen molar-refractivity contribution in [2.24, 2.45) is 0 Å². The smallest absolute Gasteiger partial charge is 0.0481 e. The highest BCUT2D eigenvalue weighted by atomic mass is 16.5. The van der Waals surface area contributed by atoms with Crippen molar-refractivity contribution in [1.82, 2.24) is 0 Å². The van der Waals surface area contributed by atoms with Crippen LogP contribution in [0.15, 0.2) is 18.2 Å². The Kier molecular flexibility index (Phi) is 4.63. The first-order valence-electron chi connectivity index (χ1n) is 5.46. The lowest BCUT2D eigenvalue weighted by atomic mass is 10.1. The normalized spacial score (nSPS) is 12.5. The van der Waals surface area contributed by atoms with Crippen LogP contribution in [0.25, 0.3) is 0 Å². The summed E-state index contributed by atoms with van der Waals surface area (Å²) in [4.78, 5) is 0. The quantitative estimate of drug-likeness (QED) is 0.801. The van der Waals surface area contributed by atoms with Crippen LogP contribution in [0.1, 0.15) is 24.5 Å². The summed E-state index contributed by atoms with van der Waals surface area (Å²) >= 11 is 0. The van der Waals surface area contributed by atoms with Gasteiger partial charge in [0.1, 0.15) is 0 Å². The first kappa shape index (κ1) is 12.1. The molecule has 0 aromatic heterocycles. The van der Waals surface area contributed by atoms with Gasteiger partial charge >= 0.3 is 0 Å². The molecule has 1 rings (SSSR count). The summed E-state index contributed by atoms with van der Waals surface area (Å²) in [7, 11) is 1.74. The van der Waals surface area contributed by atoms with Gasteiger partial charge in [0.05, 0.1) is 0 Å². The number of anilines is 1. The minimum atomic E-state index is 0.450. The van der Waals surface area contributed by atoms with E-state index in [1.165, 1.54) is 16.8 Å². The molecule has 0 bridgehead atoms. The molecule has 0 aliphatic carbocycles. The summed E-state index contributed by atoms with van der Waals surface area (Å²) in [5.74, 6) is 0. The average molecular weight is 207 g/mol. The molecule has 0 radical (unpaired) electrons. The number of aryl methyl sites for hydroxylation is 2. The van der Waals surface area contributed by atoms with Gasteiger partial charge in [-0.25, -0.2) is 0 Å². The molecule has 0 aliphatic rings. The van der Waals surface area contributed by atoms with Crippen LogP contribution in [-0.2, 0) is 4.74 Å². The summed E-state index contributed by atoms with van der Waals surface area (Å²) in [6.45, 7) is 7.24. The van der Waals surface area contributed by atoms with Gasteiger partial charge in [0.15, 0.2) is 0 Å². The SMILES string of the molecule is COCCC(C)Nc1ccc(C)cc1C. The predicted molar refractivity (Wildman–Crippen MR) is 65.5 cm³/mol. The van der Waals surface area contributed by atoms with Gasteiger partial charge in [0.25, 0.3) is 0 Å². The molecule has 1 aromatic rings. The molecule has 0 saturated carbocycles. The van der Waals surface area contributed by atoms with Gasteiger partial charge in [0, 0.05) is 25.4 Å². The molecule has 0 aliphatic heterocycles. The average Bonchev–Trinajstić information content (AvgIpc) is 2.19. The molecule has 1 aromatic carbocycles. The Bertz CT molecular complexity index is 309. The van der Waals surface area contributed by atoms with Gasteiger partial charge in [-0.1, -0.05) is 17.7 Å². The zero-order valence-corrected chi connectivity index (χ0v) is 10.1. The van der Waals surface area contributed by atoms with E-state index in [0.717, 1.165) is 13.0 Å². The first-order valence-corrected chi connectivity index (χ1v) is 5.46. The summed E-state index contributed by atoms with van der Waals surface area (Å²) in [5.41, 5.74) is 3.84. The minimum absolute atomic E-state index is 0.450. The largest absolute Gasteiger partial charge is 0.385 e. The molecular formula is C13H21NO. The lowest BCUT2D eigenvalue weighted by Gasteiger charge is -2.16. The van der Waals surface area contributed by atoms with Gasteiger partial charge in [-0.15, -0.1) is 0 Å². The number of rotatable bonds is 5. The van der Waals surface area contributed by atoms with Crippen LogP contribution >= 0.6 is 0 Å². The molecule has 0 heterocycles. The monoisotopic (exact) mass is 207 g/mol. The van der Waals surface area contributed by atoms with Gasteiger partial charge in [-0.05, 0) is 38.8 Å². The summed E-state index contributed by atoms with van der Waals surface area (Å²) < 4.78 is 5.06. The van der Waals surface area contributed by atoms with E-state index in [1.807, 2.05) is 0 Å². The van der Waals surface area contributed by atoms with Crippen LogP contribution in [-0.4, -0.2) is 19.8 Å². The van der Waals surface area contributed by atoms with Crippen LogP contribution in [0, 0.1) is 13.8 Å². The molecule has 84 valence electrons. The van der Waals surface area contributed by atoms with Gasteiger partial charge in [0.2, 0.25) is 0 Å². The third-order valence-electron chi connectivity index (χ3n) is 2.54. The van der Waals surface area contributed by atoms with Crippen molar-refractivity contribution in [1.29, 1.82) is 0 Å². The Morgan fingerprint density at radius 2 is 2.07 bits per heavy atom. The zero-order valence-electron chi connectivity index (χ0n) is 10.1. The van der Waals surface area contributed by atoms with Crippen LogP contribution in [0.4, 0.5) is 5.69 Å². The molecule has 2 heteroatoms. The number of hydrogen-bond donors (Lipinski definition) is 1. The van der Waals surface area contributed by atoms with Crippen LogP contribution in [0.5, 0.6) is 0 Å². The molecule has 2 nitrogen and oxygen atoms in total. The van der Waals surface area contributed by atoms with Gasteiger partial charge < -0.3 is 10.1 Å². The van der Waals surface area contributed by atoms with Crippen molar-refractivity contribution >= 4 is 5.69 Å². The van der Waals surface area contributed by atoms with E-state index in [-0.39, 0.29) is 0 Å². The van der Waals surface area contributed by atoms with E-state index in [1.54, 1.807) is 7.11 Å². The number of ether oxygens (including phenoxy) is 1. The fourth-order valence-corrected chi connectivity index (χ4v) is 1.61. The third-order valence-corrected chi connectivity index (χ3v) is 2.54. The summed E-state index contributed by atoms with van der Waals surface area (Å²) in [6, 6.07) is 6.93. The Balaban J connectivity index is 2.56. The number of hydrogen-bond acceptors (Lipinski definition) is 2. The maximum absolute atomic E-state index is 5.06. The van der Waals surface area contributed by atoms with Crippen molar-refractivity contribution in [3.63, 3.8) is 0 Å². The van der Waals surface area contributed by atoms with Gasteiger partial charge in [-0.2, -0.15) is 0 Å². The molecule has 0 spiro atoms. The van der Waals surface area contributed by atoms with E-state index >= 15 is 0 Å². The second-order valence-corrected chi connectivity index (χ2v) is 4.15. The van der Waals surface area contributed by atoms with E-state index in [9.17, 15) is 0 Å². The Hall–Kier alpha value is -1.02. The summed E-state index contributed by atoms with van der Waals surface area (Å²) in [6.07, 6.45) is 1.03. The predicted octanol–water partition coefficient (Wildman–Crippen LogP) is 3.14. The van der Waals surface area contributed by atoms with Crippen LogP contribution < -0.4 is 5.32 Å². The standard InChI is InChI=1S/C13H21NO/c1-10-5-6-13(11(2)9-10)14-12(3)7-8-15-4/h5-6,9,12,14H,7-8H2,1-4H3. The lowest BCUT2D eigenvalue weighted by Crippen LogP contribution is -2.17. The second kappa shape index (κ2) is 5.76. The van der Waals surface area contributed by atoms with Gasteiger partial charge in [-0.3, -0.25) is 0 Å². The Morgan fingerprint density at radius 1 is 1.33 bits per heavy atom. The van der Waals surface area contributed by atoms with Crippen LogP contribution in [0.3, 0.4) is 0 Å². The maximum Gasteiger partial charge on any atom is 0.0481 e.